The predicted octanol–water partition coefficient (Wildman–Crippen LogP) is 1.31. The number of sulfonamides is 1. The molecule has 2 aromatic rings. The maximum Gasteiger partial charge on any atom is 0.245 e. The number of piperazine rings is 1. The highest BCUT2D eigenvalue weighted by Crippen LogP contribution is 2.27. The van der Waals surface area contributed by atoms with Gasteiger partial charge in [-0.25, -0.2) is 8.42 Å². The van der Waals surface area contributed by atoms with E-state index in [2.05, 4.69) is 15.4 Å². The summed E-state index contributed by atoms with van der Waals surface area (Å²) in [5, 5.41) is 6.24. The molecule has 2 amide bonds. The topological polar surface area (TPSA) is 111 Å². The first-order valence-electron chi connectivity index (χ1n) is 11.0. The summed E-state index contributed by atoms with van der Waals surface area (Å²) in [5.41, 5.74) is 2.16. The second-order valence-electron chi connectivity index (χ2n) is 8.18. The SMILES string of the molecule is CNCC(=O)NC(Cc1ccc(Cl)cc1)C(=O)N1CCN(c2ccccc2NS(C)(=O)=O)CC1. The Morgan fingerprint density at radius 2 is 1.68 bits per heavy atom. The molecule has 0 saturated carbocycles. The summed E-state index contributed by atoms with van der Waals surface area (Å²) in [5.74, 6) is -0.407. The maximum atomic E-state index is 13.4. The van der Waals surface area contributed by atoms with E-state index < -0.39 is 16.1 Å². The number of hydrogen-bond acceptors (Lipinski definition) is 6. The van der Waals surface area contributed by atoms with Crippen molar-refractivity contribution in [2.24, 2.45) is 0 Å². The summed E-state index contributed by atoms with van der Waals surface area (Å²) in [6, 6.07) is 13.7. The smallest absolute Gasteiger partial charge is 0.245 e. The monoisotopic (exact) mass is 507 g/mol. The van der Waals surface area contributed by atoms with Gasteiger partial charge in [0.25, 0.3) is 0 Å². The summed E-state index contributed by atoms with van der Waals surface area (Å²) in [6.07, 6.45) is 1.47. The van der Waals surface area contributed by atoms with E-state index in [9.17, 15) is 18.0 Å². The van der Waals surface area contributed by atoms with Crippen LogP contribution in [0.1, 0.15) is 5.56 Å². The predicted molar refractivity (Wildman–Crippen MR) is 135 cm³/mol. The average Bonchev–Trinajstić information content (AvgIpc) is 2.79. The van der Waals surface area contributed by atoms with E-state index in [1.165, 1.54) is 0 Å². The van der Waals surface area contributed by atoms with Crippen molar-refractivity contribution in [2.45, 2.75) is 12.5 Å². The molecule has 1 heterocycles. The lowest BCUT2D eigenvalue weighted by atomic mass is 10.0. The van der Waals surface area contributed by atoms with Crippen LogP contribution in [0.25, 0.3) is 0 Å². The van der Waals surface area contributed by atoms with Crippen LogP contribution >= 0.6 is 11.6 Å². The number of para-hydroxylation sites is 2. The van der Waals surface area contributed by atoms with Crippen molar-refractivity contribution >= 4 is 44.8 Å². The standard InChI is InChI=1S/C23H30ClN5O4S/c1-25-16-22(30)26-20(15-17-7-9-18(24)10-8-17)23(31)29-13-11-28(12-14-29)21-6-4-3-5-19(21)27-34(2,32)33/h3-10,20,25,27H,11-16H2,1-2H3,(H,26,30). The number of rotatable bonds is 9. The van der Waals surface area contributed by atoms with Crippen LogP contribution in [0.5, 0.6) is 0 Å². The highest BCUT2D eigenvalue weighted by molar-refractivity contribution is 7.92. The lowest BCUT2D eigenvalue weighted by Gasteiger charge is -2.38. The number of carbonyl (C=O) groups excluding carboxylic acids is 2. The molecule has 0 spiro atoms. The first kappa shape index (κ1) is 25.8. The number of amides is 2. The molecule has 9 nitrogen and oxygen atoms in total. The van der Waals surface area contributed by atoms with Crippen LogP contribution in [-0.4, -0.2) is 77.2 Å². The highest BCUT2D eigenvalue weighted by atomic mass is 35.5. The van der Waals surface area contributed by atoms with Gasteiger partial charge in [0.1, 0.15) is 6.04 Å². The van der Waals surface area contributed by atoms with Crippen LogP contribution in [-0.2, 0) is 26.0 Å². The van der Waals surface area contributed by atoms with Crippen molar-refractivity contribution in [3.63, 3.8) is 0 Å². The van der Waals surface area contributed by atoms with Gasteiger partial charge in [-0.05, 0) is 36.9 Å². The Morgan fingerprint density at radius 3 is 2.29 bits per heavy atom. The fourth-order valence-electron chi connectivity index (χ4n) is 3.89. The molecule has 1 fully saturated rings. The zero-order chi connectivity index (χ0) is 24.7. The molecule has 1 unspecified atom stereocenters. The minimum Gasteiger partial charge on any atom is -0.366 e. The Bertz CT molecular complexity index is 1100. The Hall–Kier alpha value is -2.82. The molecule has 1 aliphatic heterocycles. The third-order valence-corrected chi connectivity index (χ3v) is 6.30. The molecule has 0 aliphatic carbocycles. The maximum absolute atomic E-state index is 13.4. The third-order valence-electron chi connectivity index (χ3n) is 5.46. The van der Waals surface area contributed by atoms with E-state index in [-0.39, 0.29) is 18.4 Å². The summed E-state index contributed by atoms with van der Waals surface area (Å²) >= 11 is 5.97. The number of anilines is 2. The summed E-state index contributed by atoms with van der Waals surface area (Å²) < 4.78 is 26.0. The fraction of sp³-hybridized carbons (Fsp3) is 0.391. The molecule has 0 bridgehead atoms. The van der Waals surface area contributed by atoms with Gasteiger partial charge in [-0.3, -0.25) is 14.3 Å². The molecular formula is C23H30ClN5O4S. The van der Waals surface area contributed by atoms with Crippen molar-refractivity contribution < 1.29 is 18.0 Å². The van der Waals surface area contributed by atoms with Crippen LogP contribution in [0, 0.1) is 0 Å². The highest BCUT2D eigenvalue weighted by Gasteiger charge is 2.29. The van der Waals surface area contributed by atoms with Crippen molar-refractivity contribution in [1.82, 2.24) is 15.5 Å². The molecule has 1 aliphatic rings. The number of halogens is 1. The number of likely N-dealkylation sites (N-methyl/N-ethyl adjacent to an activating group) is 1. The molecular weight excluding hydrogens is 478 g/mol. The lowest BCUT2D eigenvalue weighted by Crippen LogP contribution is -2.56. The molecule has 1 saturated heterocycles. The second-order valence-corrected chi connectivity index (χ2v) is 10.4. The van der Waals surface area contributed by atoms with E-state index in [1.54, 1.807) is 36.2 Å². The Kier molecular flexibility index (Phi) is 8.76. The molecule has 0 radical (unpaired) electrons. The van der Waals surface area contributed by atoms with Gasteiger partial charge in [0.2, 0.25) is 21.8 Å². The van der Waals surface area contributed by atoms with Crippen LogP contribution in [0.3, 0.4) is 0 Å². The number of nitrogens with zero attached hydrogens (tertiary/aromatic N) is 2. The molecule has 2 aromatic carbocycles. The summed E-state index contributed by atoms with van der Waals surface area (Å²) in [4.78, 5) is 29.4. The van der Waals surface area contributed by atoms with Crippen molar-refractivity contribution in [2.75, 3.05) is 55.6 Å². The zero-order valence-corrected chi connectivity index (χ0v) is 20.8. The molecule has 11 heteroatoms. The quantitative estimate of drug-likeness (QED) is 0.472. The van der Waals surface area contributed by atoms with Crippen LogP contribution in [0.4, 0.5) is 11.4 Å². The van der Waals surface area contributed by atoms with Crippen LogP contribution in [0.15, 0.2) is 48.5 Å². The minimum absolute atomic E-state index is 0.113. The van der Waals surface area contributed by atoms with Gasteiger partial charge >= 0.3 is 0 Å². The van der Waals surface area contributed by atoms with E-state index >= 15 is 0 Å². The van der Waals surface area contributed by atoms with Gasteiger partial charge in [-0.15, -0.1) is 0 Å². The van der Waals surface area contributed by atoms with Gasteiger partial charge in [0.15, 0.2) is 0 Å². The molecule has 184 valence electrons. The molecule has 34 heavy (non-hydrogen) atoms. The van der Waals surface area contributed by atoms with Gasteiger partial charge in [0.05, 0.1) is 24.2 Å². The van der Waals surface area contributed by atoms with E-state index in [1.807, 2.05) is 29.2 Å². The fourth-order valence-corrected chi connectivity index (χ4v) is 4.58. The summed E-state index contributed by atoms with van der Waals surface area (Å²) in [6.45, 7) is 2.08. The van der Waals surface area contributed by atoms with E-state index in [0.29, 0.717) is 43.3 Å². The minimum atomic E-state index is -3.42. The van der Waals surface area contributed by atoms with Gasteiger partial charge < -0.3 is 20.4 Å². The van der Waals surface area contributed by atoms with Crippen molar-refractivity contribution in [3.8, 4) is 0 Å². The number of benzene rings is 2. The largest absolute Gasteiger partial charge is 0.366 e. The second kappa shape index (κ2) is 11.5. The van der Waals surface area contributed by atoms with E-state index in [4.69, 9.17) is 11.6 Å². The third kappa shape index (κ3) is 7.34. The summed E-state index contributed by atoms with van der Waals surface area (Å²) in [7, 11) is -1.75. The zero-order valence-electron chi connectivity index (χ0n) is 19.3. The molecule has 3 N–H and O–H groups in total. The Morgan fingerprint density at radius 1 is 1.03 bits per heavy atom. The first-order valence-corrected chi connectivity index (χ1v) is 13.2. The molecule has 3 rings (SSSR count). The first-order chi connectivity index (χ1) is 16.2. The Labute approximate surface area is 205 Å². The van der Waals surface area contributed by atoms with Gasteiger partial charge in [-0.2, -0.15) is 0 Å². The molecule has 0 aromatic heterocycles. The Balaban J connectivity index is 1.69. The number of hydrogen-bond donors (Lipinski definition) is 3. The van der Waals surface area contributed by atoms with Crippen molar-refractivity contribution in [3.05, 3.63) is 59.1 Å². The van der Waals surface area contributed by atoms with Crippen molar-refractivity contribution in [1.29, 1.82) is 0 Å². The van der Waals surface area contributed by atoms with Crippen LogP contribution in [0.2, 0.25) is 5.02 Å². The number of nitrogens with one attached hydrogen (secondary N) is 3. The number of carbonyl (C=O) groups is 2. The van der Waals surface area contributed by atoms with Gasteiger partial charge in [-0.1, -0.05) is 35.9 Å². The van der Waals surface area contributed by atoms with E-state index in [0.717, 1.165) is 17.5 Å². The van der Waals surface area contributed by atoms with Gasteiger partial charge in [0, 0.05) is 37.6 Å². The van der Waals surface area contributed by atoms with Crippen LogP contribution < -0.4 is 20.3 Å². The molecule has 1 atom stereocenters. The average molecular weight is 508 g/mol. The lowest BCUT2D eigenvalue weighted by molar-refractivity contribution is -0.136. The normalized spacial score (nSPS) is 15.0.